The van der Waals surface area contributed by atoms with Crippen LogP contribution in [-0.4, -0.2) is 55.1 Å². The van der Waals surface area contributed by atoms with Crippen LogP contribution in [0.1, 0.15) is 19.6 Å². The number of piperazine rings is 1. The van der Waals surface area contributed by atoms with Gasteiger partial charge in [0.25, 0.3) is 0 Å². The van der Waals surface area contributed by atoms with Gasteiger partial charge in [0.2, 0.25) is 0 Å². The van der Waals surface area contributed by atoms with Crippen LogP contribution in [0.5, 0.6) is 0 Å². The molecule has 1 aromatic heterocycles. The van der Waals surface area contributed by atoms with E-state index in [2.05, 4.69) is 42.1 Å². The van der Waals surface area contributed by atoms with Crippen molar-refractivity contribution in [1.82, 2.24) is 15.1 Å². The van der Waals surface area contributed by atoms with Crippen LogP contribution in [0, 0.1) is 0 Å². The molecule has 18 heavy (non-hydrogen) atoms. The van der Waals surface area contributed by atoms with Crippen molar-refractivity contribution in [2.45, 2.75) is 32.0 Å². The van der Waals surface area contributed by atoms with Crippen LogP contribution in [0.2, 0.25) is 0 Å². The van der Waals surface area contributed by atoms with E-state index >= 15 is 0 Å². The molecule has 1 N–H and O–H groups in total. The molecular formula is C14H25N3O. The number of furan rings is 1. The summed E-state index contributed by atoms with van der Waals surface area (Å²) in [5.41, 5.74) is 0.201. The Hall–Kier alpha value is -0.840. The first-order valence-corrected chi connectivity index (χ1v) is 6.65. The lowest BCUT2D eigenvalue weighted by molar-refractivity contribution is -0.0109. The topological polar surface area (TPSA) is 31.6 Å². The summed E-state index contributed by atoms with van der Waals surface area (Å²) in [4.78, 5) is 4.98. The largest absolute Gasteiger partial charge is 0.468 e. The fourth-order valence-corrected chi connectivity index (χ4v) is 2.82. The molecule has 1 saturated heterocycles. The number of nitrogens with zero attached hydrogens (tertiary/aromatic N) is 2. The van der Waals surface area contributed by atoms with Gasteiger partial charge in [-0.3, -0.25) is 9.80 Å². The first kappa shape index (κ1) is 13.6. The van der Waals surface area contributed by atoms with Gasteiger partial charge in [-0.2, -0.15) is 0 Å². The molecule has 0 aliphatic carbocycles. The molecule has 1 aromatic rings. The lowest BCUT2D eigenvalue weighted by Crippen LogP contribution is -2.64. The smallest absolute Gasteiger partial charge is 0.117 e. The minimum Gasteiger partial charge on any atom is -0.468 e. The molecule has 2 heterocycles. The van der Waals surface area contributed by atoms with Crippen LogP contribution in [0.15, 0.2) is 22.8 Å². The molecule has 0 spiro atoms. The van der Waals surface area contributed by atoms with Crippen molar-refractivity contribution in [2.24, 2.45) is 0 Å². The summed E-state index contributed by atoms with van der Waals surface area (Å²) in [6.07, 6.45) is 1.75. The van der Waals surface area contributed by atoms with Gasteiger partial charge in [-0.25, -0.2) is 0 Å². The standard InChI is InChI=1S/C14H25N3O/c1-14(2)11-17(10-13-6-5-7-18-13)9-12(8-15-3)16(14)4/h5-7,12,15H,8-11H2,1-4H3. The minimum absolute atomic E-state index is 0.201. The molecule has 0 saturated carbocycles. The molecule has 2 rings (SSSR count). The Morgan fingerprint density at radius 2 is 2.28 bits per heavy atom. The van der Waals surface area contributed by atoms with E-state index in [9.17, 15) is 0 Å². The van der Waals surface area contributed by atoms with Gasteiger partial charge in [-0.05, 0) is 40.1 Å². The van der Waals surface area contributed by atoms with E-state index in [1.807, 2.05) is 13.1 Å². The quantitative estimate of drug-likeness (QED) is 0.876. The van der Waals surface area contributed by atoms with Crippen LogP contribution in [0.25, 0.3) is 0 Å². The average molecular weight is 251 g/mol. The van der Waals surface area contributed by atoms with Crippen LogP contribution < -0.4 is 5.32 Å². The van der Waals surface area contributed by atoms with Gasteiger partial charge < -0.3 is 9.73 Å². The van der Waals surface area contributed by atoms with E-state index in [0.29, 0.717) is 6.04 Å². The van der Waals surface area contributed by atoms with E-state index < -0.39 is 0 Å². The average Bonchev–Trinajstić information content (AvgIpc) is 2.78. The molecule has 0 amide bonds. The first-order valence-electron chi connectivity index (χ1n) is 6.65. The van der Waals surface area contributed by atoms with Gasteiger partial charge in [0, 0.05) is 31.2 Å². The first-order chi connectivity index (χ1) is 8.53. The van der Waals surface area contributed by atoms with Crippen molar-refractivity contribution in [3.05, 3.63) is 24.2 Å². The van der Waals surface area contributed by atoms with E-state index in [0.717, 1.165) is 31.9 Å². The Morgan fingerprint density at radius 3 is 2.89 bits per heavy atom. The number of hydrogen-bond donors (Lipinski definition) is 1. The normalized spacial score (nSPS) is 25.4. The zero-order valence-electron chi connectivity index (χ0n) is 11.9. The maximum Gasteiger partial charge on any atom is 0.117 e. The van der Waals surface area contributed by atoms with Gasteiger partial charge in [0.05, 0.1) is 12.8 Å². The summed E-state index contributed by atoms with van der Waals surface area (Å²) in [5, 5.41) is 3.29. The van der Waals surface area contributed by atoms with Crippen molar-refractivity contribution in [3.8, 4) is 0 Å². The summed E-state index contributed by atoms with van der Waals surface area (Å²) in [5.74, 6) is 1.05. The van der Waals surface area contributed by atoms with Crippen LogP contribution in [0.4, 0.5) is 0 Å². The fourth-order valence-electron chi connectivity index (χ4n) is 2.82. The lowest BCUT2D eigenvalue weighted by atomic mass is 9.95. The Balaban J connectivity index is 2.04. The molecule has 4 nitrogen and oxygen atoms in total. The monoisotopic (exact) mass is 251 g/mol. The lowest BCUT2D eigenvalue weighted by Gasteiger charge is -2.50. The maximum atomic E-state index is 5.46. The predicted octanol–water partition coefficient (Wildman–Crippen LogP) is 1.39. The Morgan fingerprint density at radius 1 is 1.50 bits per heavy atom. The minimum atomic E-state index is 0.201. The zero-order chi connectivity index (χ0) is 13.2. The van der Waals surface area contributed by atoms with E-state index in [-0.39, 0.29) is 5.54 Å². The molecule has 0 aromatic carbocycles. The van der Waals surface area contributed by atoms with Crippen molar-refractivity contribution in [1.29, 1.82) is 0 Å². The number of rotatable bonds is 4. The summed E-state index contributed by atoms with van der Waals surface area (Å²) in [6.45, 7) is 8.71. The Kier molecular flexibility index (Phi) is 4.10. The predicted molar refractivity (Wildman–Crippen MR) is 73.5 cm³/mol. The molecule has 4 heteroatoms. The van der Waals surface area contributed by atoms with Crippen LogP contribution in [0.3, 0.4) is 0 Å². The Bertz CT molecular complexity index is 361. The SMILES string of the molecule is CNCC1CN(Cc2ccco2)CC(C)(C)N1C. The zero-order valence-corrected chi connectivity index (χ0v) is 11.9. The van der Waals surface area contributed by atoms with Gasteiger partial charge in [-0.1, -0.05) is 0 Å². The molecule has 1 aliphatic rings. The van der Waals surface area contributed by atoms with Gasteiger partial charge >= 0.3 is 0 Å². The van der Waals surface area contributed by atoms with Crippen molar-refractivity contribution in [3.63, 3.8) is 0 Å². The third-order valence-corrected chi connectivity index (χ3v) is 3.98. The van der Waals surface area contributed by atoms with Crippen LogP contribution >= 0.6 is 0 Å². The fraction of sp³-hybridized carbons (Fsp3) is 0.714. The van der Waals surface area contributed by atoms with Crippen molar-refractivity contribution >= 4 is 0 Å². The number of likely N-dealkylation sites (N-methyl/N-ethyl adjacent to an activating group) is 2. The highest BCUT2D eigenvalue weighted by Crippen LogP contribution is 2.24. The highest BCUT2D eigenvalue weighted by molar-refractivity contribution is 5.01. The molecule has 102 valence electrons. The maximum absolute atomic E-state index is 5.46. The molecule has 1 aliphatic heterocycles. The van der Waals surface area contributed by atoms with Crippen LogP contribution in [-0.2, 0) is 6.54 Å². The molecule has 0 radical (unpaired) electrons. The second kappa shape index (κ2) is 5.43. The molecule has 1 fully saturated rings. The second-order valence-electron chi connectivity index (χ2n) is 5.88. The van der Waals surface area contributed by atoms with Crippen molar-refractivity contribution < 1.29 is 4.42 Å². The molecule has 0 bridgehead atoms. The summed E-state index contributed by atoms with van der Waals surface area (Å²) >= 11 is 0. The van der Waals surface area contributed by atoms with Gasteiger partial charge in [0.15, 0.2) is 0 Å². The highest BCUT2D eigenvalue weighted by atomic mass is 16.3. The Labute approximate surface area is 110 Å². The number of nitrogens with one attached hydrogen (secondary N) is 1. The molecule has 1 unspecified atom stereocenters. The highest BCUT2D eigenvalue weighted by Gasteiger charge is 2.37. The third-order valence-electron chi connectivity index (χ3n) is 3.98. The van der Waals surface area contributed by atoms with Gasteiger partial charge in [0.1, 0.15) is 5.76 Å². The number of hydrogen-bond acceptors (Lipinski definition) is 4. The summed E-state index contributed by atoms with van der Waals surface area (Å²) in [7, 11) is 4.25. The summed E-state index contributed by atoms with van der Waals surface area (Å²) in [6, 6.07) is 4.56. The second-order valence-corrected chi connectivity index (χ2v) is 5.88. The summed E-state index contributed by atoms with van der Waals surface area (Å²) < 4.78 is 5.46. The van der Waals surface area contributed by atoms with E-state index in [1.165, 1.54) is 0 Å². The van der Waals surface area contributed by atoms with E-state index in [4.69, 9.17) is 4.42 Å². The third kappa shape index (κ3) is 2.94. The molecule has 1 atom stereocenters. The van der Waals surface area contributed by atoms with E-state index in [1.54, 1.807) is 6.26 Å². The van der Waals surface area contributed by atoms with Gasteiger partial charge in [-0.15, -0.1) is 0 Å². The molecular weight excluding hydrogens is 226 g/mol. The van der Waals surface area contributed by atoms with Crippen molar-refractivity contribution in [2.75, 3.05) is 33.7 Å².